The van der Waals surface area contributed by atoms with Crippen LogP contribution in [0.3, 0.4) is 0 Å². The number of nitrogens with one attached hydrogen (secondary N) is 2. The number of nitrogens with zero attached hydrogens (tertiary/aromatic N) is 3. The van der Waals surface area contributed by atoms with E-state index in [0.717, 1.165) is 28.7 Å². The number of amides is 4. The number of aryl methyl sites for hydroxylation is 1. The van der Waals surface area contributed by atoms with Gasteiger partial charge in [0.15, 0.2) is 0 Å². The first-order valence-electron chi connectivity index (χ1n) is 11.0. The molecule has 13 heteroatoms. The van der Waals surface area contributed by atoms with Gasteiger partial charge in [0.1, 0.15) is 18.0 Å². The van der Waals surface area contributed by atoms with Crippen LogP contribution >= 0.6 is 0 Å². The van der Waals surface area contributed by atoms with Gasteiger partial charge >= 0.3 is 11.7 Å². The molecule has 0 unspecified atom stereocenters. The highest BCUT2D eigenvalue weighted by Crippen LogP contribution is 2.34. The summed E-state index contributed by atoms with van der Waals surface area (Å²) in [7, 11) is 0. The van der Waals surface area contributed by atoms with Crippen LogP contribution in [-0.2, 0) is 9.59 Å². The minimum Gasteiger partial charge on any atom is -0.450 e. The zero-order chi connectivity index (χ0) is 27.4. The van der Waals surface area contributed by atoms with Crippen molar-refractivity contribution in [1.82, 2.24) is 10.2 Å². The molecule has 3 aromatic carbocycles. The lowest BCUT2D eigenvalue weighted by Gasteiger charge is -2.12. The maximum Gasteiger partial charge on any atom is 0.329 e. The predicted molar refractivity (Wildman–Crippen MR) is 134 cm³/mol. The van der Waals surface area contributed by atoms with Gasteiger partial charge in [-0.05, 0) is 54.5 Å². The number of carbonyl (C=O) groups is 3. The van der Waals surface area contributed by atoms with Crippen molar-refractivity contribution in [3.05, 3.63) is 104 Å². The molecule has 0 aliphatic carbocycles. The number of nitro groups is 2. The molecule has 0 atom stereocenters. The quantitative estimate of drug-likeness (QED) is 0.194. The number of imide groups is 1. The lowest BCUT2D eigenvalue weighted by molar-refractivity contribution is -0.394. The molecule has 1 aliphatic rings. The Hall–Kier alpha value is -5.59. The van der Waals surface area contributed by atoms with Crippen molar-refractivity contribution in [2.45, 2.75) is 6.92 Å². The molecular formula is C25H19N5O8. The van der Waals surface area contributed by atoms with Crippen LogP contribution in [0.25, 0.3) is 6.08 Å². The normalized spacial score (nSPS) is 13.8. The van der Waals surface area contributed by atoms with Crippen molar-refractivity contribution < 1.29 is 29.0 Å². The monoisotopic (exact) mass is 517 g/mol. The van der Waals surface area contributed by atoms with Gasteiger partial charge < -0.3 is 15.4 Å². The molecule has 1 fully saturated rings. The van der Waals surface area contributed by atoms with Gasteiger partial charge in [0, 0.05) is 11.8 Å². The minimum absolute atomic E-state index is 0.0435. The van der Waals surface area contributed by atoms with Gasteiger partial charge in [0.25, 0.3) is 11.6 Å². The number of rotatable bonds is 8. The molecule has 38 heavy (non-hydrogen) atoms. The molecule has 13 nitrogen and oxygen atoms in total. The summed E-state index contributed by atoms with van der Waals surface area (Å²) in [4.78, 5) is 58.8. The van der Waals surface area contributed by atoms with Crippen LogP contribution in [0.4, 0.5) is 21.9 Å². The van der Waals surface area contributed by atoms with Crippen molar-refractivity contribution in [2.75, 3.05) is 11.9 Å². The number of hydrogen-bond acceptors (Lipinski definition) is 8. The molecule has 0 radical (unpaired) electrons. The smallest absolute Gasteiger partial charge is 0.329 e. The largest absolute Gasteiger partial charge is 0.450 e. The highest BCUT2D eigenvalue weighted by molar-refractivity contribution is 6.15. The number of nitro benzene ring substituents is 2. The molecule has 1 saturated heterocycles. The van der Waals surface area contributed by atoms with Crippen LogP contribution in [0, 0.1) is 27.2 Å². The predicted octanol–water partition coefficient (Wildman–Crippen LogP) is 4.14. The first kappa shape index (κ1) is 25.5. The van der Waals surface area contributed by atoms with E-state index in [1.54, 1.807) is 18.2 Å². The fourth-order valence-electron chi connectivity index (χ4n) is 3.56. The lowest BCUT2D eigenvalue weighted by Crippen LogP contribution is -2.38. The van der Waals surface area contributed by atoms with Crippen LogP contribution in [0.15, 0.2) is 72.4 Å². The highest BCUT2D eigenvalue weighted by Gasteiger charge is 2.35. The molecule has 2 N–H and O–H groups in total. The Labute approximate surface area is 214 Å². The zero-order valence-corrected chi connectivity index (χ0v) is 19.7. The molecule has 0 spiro atoms. The summed E-state index contributed by atoms with van der Waals surface area (Å²) in [5.74, 6) is -1.22. The molecule has 0 bridgehead atoms. The van der Waals surface area contributed by atoms with Gasteiger partial charge in [-0.15, -0.1) is 0 Å². The Kier molecular flexibility index (Phi) is 7.10. The van der Waals surface area contributed by atoms with Crippen molar-refractivity contribution in [3.63, 3.8) is 0 Å². The minimum atomic E-state index is -0.789. The maximum atomic E-state index is 12.7. The molecule has 4 amide bonds. The van der Waals surface area contributed by atoms with E-state index < -0.39 is 45.6 Å². The second kappa shape index (κ2) is 10.6. The summed E-state index contributed by atoms with van der Waals surface area (Å²) in [6.45, 7) is 1.39. The lowest BCUT2D eigenvalue weighted by atomic mass is 10.2. The molecule has 3 aromatic rings. The second-order valence-corrected chi connectivity index (χ2v) is 8.13. The Morgan fingerprint density at radius 3 is 2.42 bits per heavy atom. The van der Waals surface area contributed by atoms with Gasteiger partial charge in [0.2, 0.25) is 11.7 Å². The molecule has 0 saturated carbocycles. The number of hydrogen-bond donors (Lipinski definition) is 2. The van der Waals surface area contributed by atoms with Crippen molar-refractivity contribution in [1.29, 1.82) is 0 Å². The molecule has 192 valence electrons. The van der Waals surface area contributed by atoms with Crippen LogP contribution in [0.1, 0.15) is 11.1 Å². The average molecular weight is 517 g/mol. The van der Waals surface area contributed by atoms with Crippen molar-refractivity contribution in [3.8, 4) is 11.5 Å². The summed E-state index contributed by atoms with van der Waals surface area (Å²) in [5, 5.41) is 27.2. The standard InChI is InChI=1S/C25H19N5O8/c1-15-3-2-4-17(11-15)26-23(31)14-28-24(32)20(27-25(28)33)12-16-5-8-19(9-6-16)38-22-10-7-18(29(34)35)13-21(22)30(36)37/h2-13H,14H2,1H3,(H,26,31)(H,27,33)/b20-12+. The van der Waals surface area contributed by atoms with Gasteiger partial charge in [-0.1, -0.05) is 24.3 Å². The second-order valence-electron chi connectivity index (χ2n) is 8.13. The number of carbonyl (C=O) groups excluding carboxylic acids is 3. The SMILES string of the molecule is Cc1cccc(NC(=O)CN2C(=O)N/C(=C/c3ccc(Oc4ccc([N+](=O)[O-])cc4[N+](=O)[O-])cc3)C2=O)c1. The van der Waals surface area contributed by atoms with E-state index in [0.29, 0.717) is 11.3 Å². The Balaban J connectivity index is 1.43. The van der Waals surface area contributed by atoms with Crippen LogP contribution < -0.4 is 15.4 Å². The molecular weight excluding hydrogens is 498 g/mol. The van der Waals surface area contributed by atoms with E-state index >= 15 is 0 Å². The molecule has 0 aromatic heterocycles. The number of ether oxygens (including phenoxy) is 1. The van der Waals surface area contributed by atoms with Crippen molar-refractivity contribution in [2.24, 2.45) is 0 Å². The van der Waals surface area contributed by atoms with Crippen LogP contribution in [0.2, 0.25) is 0 Å². The summed E-state index contributed by atoms with van der Waals surface area (Å²) < 4.78 is 5.51. The third-order valence-corrected chi connectivity index (χ3v) is 5.33. The number of urea groups is 1. The first-order chi connectivity index (χ1) is 18.1. The Morgan fingerprint density at radius 2 is 1.76 bits per heavy atom. The summed E-state index contributed by atoms with van der Waals surface area (Å²) in [6, 6.07) is 15.3. The van der Waals surface area contributed by atoms with E-state index in [4.69, 9.17) is 4.74 Å². The summed E-state index contributed by atoms with van der Waals surface area (Å²) in [6.07, 6.45) is 1.40. The Morgan fingerprint density at radius 1 is 1.03 bits per heavy atom. The van der Waals surface area contributed by atoms with Gasteiger partial charge in [-0.25, -0.2) is 9.69 Å². The first-order valence-corrected chi connectivity index (χ1v) is 11.0. The topological polar surface area (TPSA) is 174 Å². The average Bonchev–Trinajstić information content (AvgIpc) is 3.12. The summed E-state index contributed by atoms with van der Waals surface area (Å²) >= 11 is 0. The van der Waals surface area contributed by atoms with Gasteiger partial charge in [-0.3, -0.25) is 29.8 Å². The third-order valence-electron chi connectivity index (χ3n) is 5.33. The molecule has 4 rings (SSSR count). The number of non-ortho nitro benzene ring substituents is 1. The fraction of sp³-hybridized carbons (Fsp3) is 0.0800. The van der Waals surface area contributed by atoms with Gasteiger partial charge in [0.05, 0.1) is 15.9 Å². The van der Waals surface area contributed by atoms with Crippen LogP contribution in [-0.4, -0.2) is 39.1 Å². The number of benzene rings is 3. The molecule has 1 heterocycles. The maximum absolute atomic E-state index is 12.7. The molecule has 1 aliphatic heterocycles. The third kappa shape index (κ3) is 5.79. The highest BCUT2D eigenvalue weighted by atomic mass is 16.6. The number of anilines is 1. The van der Waals surface area contributed by atoms with E-state index in [1.165, 1.54) is 30.3 Å². The zero-order valence-electron chi connectivity index (χ0n) is 19.7. The van der Waals surface area contributed by atoms with E-state index in [-0.39, 0.29) is 17.2 Å². The Bertz CT molecular complexity index is 1500. The van der Waals surface area contributed by atoms with E-state index in [9.17, 15) is 34.6 Å². The summed E-state index contributed by atoms with van der Waals surface area (Å²) in [5.41, 5.74) is 0.903. The van der Waals surface area contributed by atoms with E-state index in [2.05, 4.69) is 10.6 Å². The van der Waals surface area contributed by atoms with Crippen molar-refractivity contribution >= 4 is 41.0 Å². The fourth-order valence-corrected chi connectivity index (χ4v) is 3.56. The van der Waals surface area contributed by atoms with E-state index in [1.807, 2.05) is 13.0 Å². The van der Waals surface area contributed by atoms with Gasteiger partial charge in [-0.2, -0.15) is 0 Å². The van der Waals surface area contributed by atoms with Crippen LogP contribution in [0.5, 0.6) is 11.5 Å².